The van der Waals surface area contributed by atoms with E-state index >= 15 is 0 Å². The number of anilines is 1. The number of hydrogen-bond donors (Lipinski definition) is 1. The molecule has 0 saturated heterocycles. The van der Waals surface area contributed by atoms with Gasteiger partial charge < -0.3 is 14.8 Å². The van der Waals surface area contributed by atoms with Crippen LogP contribution in [-0.4, -0.2) is 46.6 Å². The van der Waals surface area contributed by atoms with E-state index in [4.69, 9.17) is 0 Å². The Kier molecular flexibility index (Phi) is 7.69. The third-order valence-corrected chi connectivity index (χ3v) is 5.67. The number of thioether (sulfide) groups is 1. The molecule has 0 atom stereocenters. The quantitative estimate of drug-likeness (QED) is 0.412. The van der Waals surface area contributed by atoms with Crippen molar-refractivity contribution >= 4 is 23.4 Å². The van der Waals surface area contributed by atoms with Gasteiger partial charge in [-0.2, -0.15) is 0 Å². The molecular weight excluding hydrogens is 382 g/mol. The average Bonchev–Trinajstić information content (AvgIpc) is 3.10. The van der Waals surface area contributed by atoms with E-state index in [1.54, 1.807) is 0 Å². The molecule has 2 aromatic carbocycles. The minimum absolute atomic E-state index is 0.0185. The fourth-order valence-electron chi connectivity index (χ4n) is 2.94. The van der Waals surface area contributed by atoms with Crippen molar-refractivity contribution in [2.45, 2.75) is 18.0 Å². The van der Waals surface area contributed by atoms with Crippen LogP contribution in [-0.2, 0) is 18.3 Å². The number of benzene rings is 2. The van der Waals surface area contributed by atoms with Crippen LogP contribution in [0.1, 0.15) is 17.8 Å². The lowest BCUT2D eigenvalue weighted by molar-refractivity contribution is -0.118. The number of para-hydroxylation sites is 1. The second-order valence-electron chi connectivity index (χ2n) is 6.87. The molecule has 0 aliphatic rings. The van der Waals surface area contributed by atoms with E-state index in [-0.39, 0.29) is 5.91 Å². The summed E-state index contributed by atoms with van der Waals surface area (Å²) in [5, 5.41) is 12.2. The molecule has 6 nitrogen and oxygen atoms in total. The first-order chi connectivity index (χ1) is 14.1. The minimum atomic E-state index is 0.0185. The zero-order valence-corrected chi connectivity index (χ0v) is 17.7. The average molecular weight is 410 g/mol. The Hall–Kier alpha value is -2.80. The van der Waals surface area contributed by atoms with Crippen LogP contribution in [0.5, 0.6) is 0 Å². The molecule has 1 heterocycles. The lowest BCUT2D eigenvalue weighted by Crippen LogP contribution is -2.29. The first kappa shape index (κ1) is 20.9. The number of nitrogens with zero attached hydrogens (tertiary/aromatic N) is 4. The number of amides is 1. The molecule has 0 saturated carbocycles. The number of nitrogens with one attached hydrogen (secondary N) is 1. The Labute approximate surface area is 176 Å². The minimum Gasteiger partial charge on any atom is -0.375 e. The Balaban J connectivity index is 1.37. The molecule has 0 aliphatic carbocycles. The molecule has 29 heavy (non-hydrogen) atoms. The van der Waals surface area contributed by atoms with Crippen LogP contribution in [0.25, 0.3) is 0 Å². The van der Waals surface area contributed by atoms with Gasteiger partial charge in [-0.05, 0) is 24.1 Å². The number of aromatic nitrogens is 3. The standard InChI is InChI=1S/C22H27N5OS/c1-26(19-12-7-4-8-13-19)15-9-14-23-21(28)17-29-22-25-24-20(27(22)2)16-18-10-5-3-6-11-18/h3-8,10-13H,9,14-17H2,1-2H3,(H,23,28). The molecule has 152 valence electrons. The van der Waals surface area contributed by atoms with E-state index < -0.39 is 0 Å². The smallest absolute Gasteiger partial charge is 0.230 e. The molecule has 0 fully saturated rings. The van der Waals surface area contributed by atoms with Gasteiger partial charge in [-0.25, -0.2) is 0 Å². The molecule has 0 radical (unpaired) electrons. The van der Waals surface area contributed by atoms with Crippen LogP contribution in [0.2, 0.25) is 0 Å². The highest BCUT2D eigenvalue weighted by Gasteiger charge is 2.12. The first-order valence-corrected chi connectivity index (χ1v) is 10.7. The summed E-state index contributed by atoms with van der Waals surface area (Å²) < 4.78 is 1.96. The fourth-order valence-corrected chi connectivity index (χ4v) is 3.70. The lowest BCUT2D eigenvalue weighted by atomic mass is 10.1. The van der Waals surface area contributed by atoms with E-state index in [0.29, 0.717) is 12.3 Å². The molecule has 0 aliphatic heterocycles. The summed E-state index contributed by atoms with van der Waals surface area (Å²) in [5.74, 6) is 1.25. The molecule has 0 unspecified atom stereocenters. The molecular formula is C22H27N5OS. The van der Waals surface area contributed by atoms with Crippen molar-refractivity contribution in [3.63, 3.8) is 0 Å². The van der Waals surface area contributed by atoms with Gasteiger partial charge in [0.15, 0.2) is 5.16 Å². The zero-order chi connectivity index (χ0) is 20.5. The van der Waals surface area contributed by atoms with Gasteiger partial charge in [0.25, 0.3) is 0 Å². The van der Waals surface area contributed by atoms with Gasteiger partial charge in [-0.15, -0.1) is 10.2 Å². The highest BCUT2D eigenvalue weighted by Crippen LogP contribution is 2.17. The van der Waals surface area contributed by atoms with E-state index in [1.807, 2.05) is 48.0 Å². The second kappa shape index (κ2) is 10.7. The molecule has 3 rings (SSSR count). The summed E-state index contributed by atoms with van der Waals surface area (Å²) in [5.41, 5.74) is 2.38. The molecule has 3 aromatic rings. The van der Waals surface area contributed by atoms with Gasteiger partial charge in [-0.1, -0.05) is 60.3 Å². The molecule has 1 amide bonds. The highest BCUT2D eigenvalue weighted by molar-refractivity contribution is 7.99. The van der Waals surface area contributed by atoms with Gasteiger partial charge in [-0.3, -0.25) is 4.79 Å². The summed E-state index contributed by atoms with van der Waals surface area (Å²) in [6.07, 6.45) is 1.62. The Morgan fingerprint density at radius 3 is 2.48 bits per heavy atom. The third kappa shape index (κ3) is 6.35. The SMILES string of the molecule is CN(CCCNC(=O)CSc1nnc(Cc2ccccc2)n1C)c1ccccc1. The van der Waals surface area contributed by atoms with Crippen molar-refractivity contribution in [2.75, 3.05) is 30.8 Å². The number of carbonyl (C=O) groups excluding carboxylic acids is 1. The van der Waals surface area contributed by atoms with Crippen LogP contribution in [0, 0.1) is 0 Å². The number of rotatable bonds is 10. The van der Waals surface area contributed by atoms with Crippen LogP contribution in [0.4, 0.5) is 5.69 Å². The lowest BCUT2D eigenvalue weighted by Gasteiger charge is -2.19. The summed E-state index contributed by atoms with van der Waals surface area (Å²) in [7, 11) is 4.01. The predicted molar refractivity (Wildman–Crippen MR) is 118 cm³/mol. The third-order valence-electron chi connectivity index (χ3n) is 4.65. The Morgan fingerprint density at radius 1 is 1.07 bits per heavy atom. The van der Waals surface area contributed by atoms with Gasteiger partial charge in [0.05, 0.1) is 5.75 Å². The van der Waals surface area contributed by atoms with Crippen molar-refractivity contribution < 1.29 is 4.79 Å². The number of carbonyl (C=O) groups is 1. The van der Waals surface area contributed by atoms with Crippen LogP contribution >= 0.6 is 11.8 Å². The van der Waals surface area contributed by atoms with Crippen molar-refractivity contribution in [2.24, 2.45) is 7.05 Å². The van der Waals surface area contributed by atoms with E-state index in [1.165, 1.54) is 23.0 Å². The van der Waals surface area contributed by atoms with Crippen LogP contribution in [0.3, 0.4) is 0 Å². The maximum Gasteiger partial charge on any atom is 0.230 e. The zero-order valence-electron chi connectivity index (χ0n) is 16.9. The Morgan fingerprint density at radius 2 is 1.76 bits per heavy atom. The molecule has 1 N–H and O–H groups in total. The molecule has 1 aromatic heterocycles. The van der Waals surface area contributed by atoms with Crippen LogP contribution in [0.15, 0.2) is 65.8 Å². The van der Waals surface area contributed by atoms with Gasteiger partial charge >= 0.3 is 0 Å². The van der Waals surface area contributed by atoms with Crippen molar-refractivity contribution in [1.82, 2.24) is 20.1 Å². The maximum atomic E-state index is 12.1. The highest BCUT2D eigenvalue weighted by atomic mass is 32.2. The van der Waals surface area contributed by atoms with Gasteiger partial charge in [0.2, 0.25) is 5.91 Å². The monoisotopic (exact) mass is 409 g/mol. The van der Waals surface area contributed by atoms with E-state index in [2.05, 4.69) is 51.7 Å². The van der Waals surface area contributed by atoms with Crippen LogP contribution < -0.4 is 10.2 Å². The Bertz CT molecular complexity index is 898. The van der Waals surface area contributed by atoms with Gasteiger partial charge in [0.1, 0.15) is 5.82 Å². The predicted octanol–water partition coefficient (Wildman–Crippen LogP) is 3.14. The second-order valence-corrected chi connectivity index (χ2v) is 7.81. The summed E-state index contributed by atoms with van der Waals surface area (Å²) in [6.45, 7) is 1.55. The van der Waals surface area contributed by atoms with Gasteiger partial charge in [0, 0.05) is 39.3 Å². The summed E-state index contributed by atoms with van der Waals surface area (Å²) in [4.78, 5) is 14.3. The molecule has 7 heteroatoms. The molecule has 0 spiro atoms. The maximum absolute atomic E-state index is 12.1. The van der Waals surface area contributed by atoms with Crippen molar-refractivity contribution in [3.05, 3.63) is 72.1 Å². The topological polar surface area (TPSA) is 63.1 Å². The largest absolute Gasteiger partial charge is 0.375 e. The van der Waals surface area contributed by atoms with E-state index in [9.17, 15) is 4.79 Å². The number of hydrogen-bond acceptors (Lipinski definition) is 5. The van der Waals surface area contributed by atoms with E-state index in [0.717, 1.165) is 30.4 Å². The summed E-state index contributed by atoms with van der Waals surface area (Å²) in [6, 6.07) is 20.4. The van der Waals surface area contributed by atoms with Crippen molar-refractivity contribution in [3.8, 4) is 0 Å². The molecule has 0 bridgehead atoms. The fraction of sp³-hybridized carbons (Fsp3) is 0.318. The first-order valence-electron chi connectivity index (χ1n) is 9.71. The normalized spacial score (nSPS) is 10.7. The van der Waals surface area contributed by atoms with Crippen molar-refractivity contribution in [1.29, 1.82) is 0 Å². The summed E-state index contributed by atoms with van der Waals surface area (Å²) >= 11 is 1.41.